The van der Waals surface area contributed by atoms with E-state index in [0.29, 0.717) is 11.5 Å². The molecule has 0 bridgehead atoms. The molecule has 1 unspecified atom stereocenters. The Bertz CT molecular complexity index is 345. The standard InChI is InChI=1S/C16H25NO/c1-3-17-15(13-18-4-2)16(11-8-12-16)14-9-6-5-7-10-14/h5-7,9-10,15,17H,3-4,8,11-13H2,1-2H3. The lowest BCUT2D eigenvalue weighted by Gasteiger charge is -2.48. The van der Waals surface area contributed by atoms with E-state index in [-0.39, 0.29) is 0 Å². The molecule has 0 spiro atoms. The Morgan fingerprint density at radius 3 is 2.44 bits per heavy atom. The number of ether oxygens (including phenoxy) is 1. The van der Waals surface area contributed by atoms with E-state index in [1.807, 2.05) is 0 Å². The minimum absolute atomic E-state index is 0.298. The fourth-order valence-electron chi connectivity index (χ4n) is 3.06. The first kappa shape index (κ1) is 13.6. The second-order valence-corrected chi connectivity index (χ2v) is 5.15. The monoisotopic (exact) mass is 247 g/mol. The van der Waals surface area contributed by atoms with Gasteiger partial charge in [-0.3, -0.25) is 0 Å². The summed E-state index contributed by atoms with van der Waals surface area (Å²) in [6.45, 7) is 6.87. The van der Waals surface area contributed by atoms with Gasteiger partial charge in [0, 0.05) is 18.1 Å². The highest BCUT2D eigenvalue weighted by Crippen LogP contribution is 2.46. The van der Waals surface area contributed by atoms with Crippen molar-refractivity contribution < 1.29 is 4.74 Å². The molecule has 0 radical (unpaired) electrons. The second kappa shape index (κ2) is 6.35. The summed E-state index contributed by atoms with van der Waals surface area (Å²) in [5.74, 6) is 0. The molecule has 1 atom stereocenters. The van der Waals surface area contributed by atoms with Gasteiger partial charge in [-0.2, -0.15) is 0 Å². The molecule has 0 amide bonds. The smallest absolute Gasteiger partial charge is 0.0628 e. The molecule has 1 saturated carbocycles. The van der Waals surface area contributed by atoms with Crippen molar-refractivity contribution in [1.29, 1.82) is 0 Å². The number of benzene rings is 1. The summed E-state index contributed by atoms with van der Waals surface area (Å²) in [6, 6.07) is 11.4. The predicted molar refractivity (Wildman–Crippen MR) is 75.9 cm³/mol. The Balaban J connectivity index is 2.18. The van der Waals surface area contributed by atoms with Crippen LogP contribution >= 0.6 is 0 Å². The van der Waals surface area contributed by atoms with Gasteiger partial charge in [-0.05, 0) is 31.9 Å². The van der Waals surface area contributed by atoms with Crippen LogP contribution in [0.3, 0.4) is 0 Å². The van der Waals surface area contributed by atoms with Crippen LogP contribution in [-0.4, -0.2) is 25.8 Å². The number of likely N-dealkylation sites (N-methyl/N-ethyl adjacent to an activating group) is 1. The normalized spacial score (nSPS) is 19.2. The third-order valence-corrected chi connectivity index (χ3v) is 4.20. The highest BCUT2D eigenvalue weighted by atomic mass is 16.5. The molecule has 0 saturated heterocycles. The zero-order chi connectivity index (χ0) is 12.8. The molecule has 0 heterocycles. The zero-order valence-corrected chi connectivity index (χ0v) is 11.6. The van der Waals surface area contributed by atoms with Crippen molar-refractivity contribution in [3.05, 3.63) is 35.9 Å². The molecule has 100 valence electrons. The van der Waals surface area contributed by atoms with E-state index in [9.17, 15) is 0 Å². The van der Waals surface area contributed by atoms with Gasteiger partial charge in [-0.1, -0.05) is 43.7 Å². The van der Waals surface area contributed by atoms with Crippen molar-refractivity contribution in [3.8, 4) is 0 Å². The molecule has 0 aromatic heterocycles. The molecule has 1 aromatic rings. The third kappa shape index (κ3) is 2.60. The van der Waals surface area contributed by atoms with Crippen LogP contribution in [-0.2, 0) is 10.2 Å². The van der Waals surface area contributed by atoms with Crippen molar-refractivity contribution in [2.24, 2.45) is 0 Å². The van der Waals surface area contributed by atoms with Crippen molar-refractivity contribution in [1.82, 2.24) is 5.32 Å². The molecule has 2 heteroatoms. The van der Waals surface area contributed by atoms with Crippen LogP contribution in [0.2, 0.25) is 0 Å². The number of nitrogens with one attached hydrogen (secondary N) is 1. The quantitative estimate of drug-likeness (QED) is 0.799. The topological polar surface area (TPSA) is 21.3 Å². The maximum atomic E-state index is 5.69. The molecular weight excluding hydrogens is 222 g/mol. The minimum atomic E-state index is 0.298. The van der Waals surface area contributed by atoms with Gasteiger partial charge in [0.15, 0.2) is 0 Å². The van der Waals surface area contributed by atoms with Crippen molar-refractivity contribution in [2.45, 2.75) is 44.6 Å². The summed E-state index contributed by atoms with van der Waals surface area (Å²) in [5.41, 5.74) is 1.77. The van der Waals surface area contributed by atoms with Crippen molar-refractivity contribution >= 4 is 0 Å². The van der Waals surface area contributed by atoms with Gasteiger partial charge in [0.05, 0.1) is 6.61 Å². The average Bonchev–Trinajstić information content (AvgIpc) is 2.36. The van der Waals surface area contributed by atoms with E-state index in [4.69, 9.17) is 4.74 Å². The van der Waals surface area contributed by atoms with Crippen LogP contribution < -0.4 is 5.32 Å². The van der Waals surface area contributed by atoms with E-state index in [0.717, 1.165) is 19.8 Å². The number of hydrogen-bond donors (Lipinski definition) is 1. The maximum absolute atomic E-state index is 5.69. The van der Waals surface area contributed by atoms with Crippen LogP contribution in [0.4, 0.5) is 0 Å². The van der Waals surface area contributed by atoms with Gasteiger partial charge in [-0.25, -0.2) is 0 Å². The van der Waals surface area contributed by atoms with Gasteiger partial charge in [0.25, 0.3) is 0 Å². The highest BCUT2D eigenvalue weighted by Gasteiger charge is 2.44. The molecular formula is C16H25NO. The van der Waals surface area contributed by atoms with Crippen molar-refractivity contribution in [2.75, 3.05) is 19.8 Å². The Morgan fingerprint density at radius 2 is 1.94 bits per heavy atom. The van der Waals surface area contributed by atoms with Crippen LogP contribution in [0.25, 0.3) is 0 Å². The number of hydrogen-bond acceptors (Lipinski definition) is 2. The lowest BCUT2D eigenvalue weighted by molar-refractivity contribution is 0.0628. The molecule has 1 N–H and O–H groups in total. The first-order valence-corrected chi connectivity index (χ1v) is 7.20. The maximum Gasteiger partial charge on any atom is 0.0628 e. The molecule has 0 aliphatic heterocycles. The van der Waals surface area contributed by atoms with Crippen LogP contribution in [0.15, 0.2) is 30.3 Å². The lowest BCUT2D eigenvalue weighted by Crippen LogP contribution is -2.55. The van der Waals surface area contributed by atoms with Gasteiger partial charge >= 0.3 is 0 Å². The van der Waals surface area contributed by atoms with Crippen LogP contribution in [0, 0.1) is 0 Å². The summed E-state index contributed by atoms with van der Waals surface area (Å²) < 4.78 is 5.69. The summed E-state index contributed by atoms with van der Waals surface area (Å²) in [5, 5.41) is 3.63. The molecule has 2 nitrogen and oxygen atoms in total. The van der Waals surface area contributed by atoms with E-state index >= 15 is 0 Å². The second-order valence-electron chi connectivity index (χ2n) is 5.15. The Kier molecular flexibility index (Phi) is 4.79. The van der Waals surface area contributed by atoms with E-state index < -0.39 is 0 Å². The average molecular weight is 247 g/mol. The minimum Gasteiger partial charge on any atom is -0.380 e. The van der Waals surface area contributed by atoms with Gasteiger partial charge in [0.1, 0.15) is 0 Å². The van der Waals surface area contributed by atoms with Crippen molar-refractivity contribution in [3.63, 3.8) is 0 Å². The molecule has 18 heavy (non-hydrogen) atoms. The Hall–Kier alpha value is -0.860. The summed E-state index contributed by atoms with van der Waals surface area (Å²) in [6.07, 6.45) is 3.90. The molecule has 1 aliphatic rings. The third-order valence-electron chi connectivity index (χ3n) is 4.20. The van der Waals surface area contributed by atoms with E-state index in [1.54, 1.807) is 0 Å². The molecule has 1 aliphatic carbocycles. The van der Waals surface area contributed by atoms with E-state index in [2.05, 4.69) is 49.5 Å². The highest BCUT2D eigenvalue weighted by molar-refractivity contribution is 5.30. The largest absolute Gasteiger partial charge is 0.380 e. The summed E-state index contributed by atoms with van der Waals surface area (Å²) in [7, 11) is 0. The fraction of sp³-hybridized carbons (Fsp3) is 0.625. The van der Waals surface area contributed by atoms with Crippen LogP contribution in [0.5, 0.6) is 0 Å². The van der Waals surface area contributed by atoms with Gasteiger partial charge in [-0.15, -0.1) is 0 Å². The Labute approximate surface area is 111 Å². The number of rotatable bonds is 7. The Morgan fingerprint density at radius 1 is 1.22 bits per heavy atom. The SMILES string of the molecule is CCNC(COCC)C1(c2ccccc2)CCC1. The summed E-state index contributed by atoms with van der Waals surface area (Å²) >= 11 is 0. The lowest BCUT2D eigenvalue weighted by atomic mass is 9.60. The first-order valence-electron chi connectivity index (χ1n) is 7.20. The van der Waals surface area contributed by atoms with Crippen LogP contribution in [0.1, 0.15) is 38.7 Å². The molecule has 2 rings (SSSR count). The predicted octanol–water partition coefficient (Wildman–Crippen LogP) is 3.12. The van der Waals surface area contributed by atoms with Gasteiger partial charge in [0.2, 0.25) is 0 Å². The molecule has 1 aromatic carbocycles. The van der Waals surface area contributed by atoms with E-state index in [1.165, 1.54) is 24.8 Å². The zero-order valence-electron chi connectivity index (χ0n) is 11.6. The first-order chi connectivity index (χ1) is 8.83. The summed E-state index contributed by atoms with van der Waals surface area (Å²) in [4.78, 5) is 0. The fourth-order valence-corrected chi connectivity index (χ4v) is 3.06. The molecule has 1 fully saturated rings. The van der Waals surface area contributed by atoms with Gasteiger partial charge < -0.3 is 10.1 Å².